The van der Waals surface area contributed by atoms with Crippen molar-refractivity contribution in [1.82, 2.24) is 13.9 Å². The monoisotopic (exact) mass is 654 g/mol. The number of hydrogen-bond donors (Lipinski definition) is 2. The van der Waals surface area contributed by atoms with Gasteiger partial charge >= 0.3 is 0 Å². The molecule has 12 heteroatoms. The van der Waals surface area contributed by atoms with Crippen molar-refractivity contribution in [3.05, 3.63) is 77.7 Å². The highest BCUT2D eigenvalue weighted by Crippen LogP contribution is 2.41. The van der Waals surface area contributed by atoms with Crippen LogP contribution >= 0.6 is 0 Å². The second kappa shape index (κ2) is 12.6. The van der Waals surface area contributed by atoms with Gasteiger partial charge in [0, 0.05) is 61.1 Å². The fourth-order valence-corrected chi connectivity index (χ4v) is 8.18. The Labute approximate surface area is 273 Å². The van der Waals surface area contributed by atoms with Crippen molar-refractivity contribution in [2.75, 3.05) is 56.3 Å². The Morgan fingerprint density at radius 2 is 1.66 bits per heavy atom. The molecule has 0 atom stereocenters. The van der Waals surface area contributed by atoms with Gasteiger partial charge < -0.3 is 25.4 Å². The molecule has 1 amide bonds. The zero-order chi connectivity index (χ0) is 32.7. The molecular weight excluding hydrogens is 616 g/mol. The van der Waals surface area contributed by atoms with Crippen molar-refractivity contribution in [1.29, 1.82) is 0 Å². The molecule has 7 rings (SSSR count). The van der Waals surface area contributed by atoms with Gasteiger partial charge in [-0.1, -0.05) is 23.8 Å². The predicted octanol–water partition coefficient (Wildman–Crippen LogP) is 4.88. The summed E-state index contributed by atoms with van der Waals surface area (Å²) in [6, 6.07) is 14.3. The summed E-state index contributed by atoms with van der Waals surface area (Å²) < 4.78 is 40.8. The summed E-state index contributed by atoms with van der Waals surface area (Å²) in [6.45, 7) is 8.75. The molecule has 0 spiro atoms. The van der Waals surface area contributed by atoms with E-state index in [9.17, 15) is 13.2 Å². The first-order valence-corrected chi connectivity index (χ1v) is 17.4. The molecule has 0 unspecified atom stereocenters. The number of anilines is 2. The van der Waals surface area contributed by atoms with Crippen molar-refractivity contribution in [3.63, 3.8) is 0 Å². The number of nitrogens with two attached hydrogens (primary N) is 1. The van der Waals surface area contributed by atoms with Gasteiger partial charge in [-0.3, -0.25) is 9.78 Å². The minimum Gasteiger partial charge on any atom is -0.382 e. The molecule has 11 nitrogen and oxygen atoms in total. The Balaban J connectivity index is 1.42. The molecule has 3 N–H and O–H groups in total. The van der Waals surface area contributed by atoms with Gasteiger partial charge in [0.1, 0.15) is 0 Å². The van der Waals surface area contributed by atoms with E-state index in [2.05, 4.69) is 21.3 Å². The van der Waals surface area contributed by atoms with Crippen LogP contribution in [0.1, 0.15) is 34.5 Å². The molecule has 2 aliphatic heterocycles. The number of amides is 1. The lowest BCUT2D eigenvalue weighted by molar-refractivity contribution is 0.0699. The highest BCUT2D eigenvalue weighted by atomic mass is 32.2. The van der Waals surface area contributed by atoms with Crippen molar-refractivity contribution in [3.8, 4) is 11.1 Å². The first-order chi connectivity index (χ1) is 22.7. The molecule has 2 saturated heterocycles. The molecule has 3 aromatic heterocycles. The van der Waals surface area contributed by atoms with Crippen molar-refractivity contribution in [2.24, 2.45) is 11.7 Å². The number of nitrogens with one attached hydrogen (secondary N) is 1. The Kier molecular flexibility index (Phi) is 8.33. The van der Waals surface area contributed by atoms with Gasteiger partial charge in [0.05, 0.1) is 46.8 Å². The number of rotatable bonds is 8. The highest BCUT2D eigenvalue weighted by Gasteiger charge is 2.28. The van der Waals surface area contributed by atoms with Gasteiger partial charge in [0.2, 0.25) is 5.91 Å². The number of primary amides is 1. The minimum atomic E-state index is -4.04. The summed E-state index contributed by atoms with van der Waals surface area (Å²) in [4.78, 5) is 24.0. The molecule has 2 fully saturated rings. The third-order valence-corrected chi connectivity index (χ3v) is 11.0. The van der Waals surface area contributed by atoms with Gasteiger partial charge in [-0.25, -0.2) is 17.4 Å². The average Bonchev–Trinajstić information content (AvgIpc) is 3.39. The highest BCUT2D eigenvalue weighted by molar-refractivity contribution is 7.90. The van der Waals surface area contributed by atoms with E-state index in [-0.39, 0.29) is 16.1 Å². The quantitative estimate of drug-likeness (QED) is 0.240. The second-order valence-corrected chi connectivity index (χ2v) is 14.1. The van der Waals surface area contributed by atoms with E-state index in [1.807, 2.05) is 25.3 Å². The number of nitrogens with zero attached hydrogens (tertiary/aromatic N) is 4. The van der Waals surface area contributed by atoms with Gasteiger partial charge in [0.15, 0.2) is 5.65 Å². The molecule has 0 aliphatic carbocycles. The summed E-state index contributed by atoms with van der Waals surface area (Å²) in [5, 5.41) is 5.14. The van der Waals surface area contributed by atoms with Crippen molar-refractivity contribution in [2.45, 2.75) is 31.6 Å². The molecule has 5 aromatic rings. The van der Waals surface area contributed by atoms with Crippen LogP contribution in [0.5, 0.6) is 0 Å². The number of hydrogen-bond acceptors (Lipinski definition) is 9. The first kappa shape index (κ1) is 31.1. The number of aromatic nitrogens is 3. The fourth-order valence-electron chi connectivity index (χ4n) is 6.66. The number of ether oxygens (including phenoxy) is 2. The number of morpholine rings is 1. The van der Waals surface area contributed by atoms with Crippen LogP contribution in [0.25, 0.3) is 33.1 Å². The van der Waals surface area contributed by atoms with Crippen LogP contribution in [0, 0.1) is 19.8 Å². The van der Waals surface area contributed by atoms with Crippen LogP contribution in [0.4, 0.5) is 11.4 Å². The van der Waals surface area contributed by atoms with E-state index in [0.29, 0.717) is 35.8 Å². The van der Waals surface area contributed by atoms with Crippen LogP contribution in [0.2, 0.25) is 0 Å². The Hall–Kier alpha value is -4.52. The molecule has 244 valence electrons. The lowest BCUT2D eigenvalue weighted by Crippen LogP contribution is -2.37. The summed E-state index contributed by atoms with van der Waals surface area (Å²) in [7, 11) is -4.04. The van der Waals surface area contributed by atoms with E-state index in [0.717, 1.165) is 79.1 Å². The predicted molar refractivity (Wildman–Crippen MR) is 183 cm³/mol. The summed E-state index contributed by atoms with van der Waals surface area (Å²) in [5.74, 6) is -0.130. The standard InChI is InChI=1S/C35H38N6O5S/c1-22-3-6-27(7-4-22)47(43,44)41-23(2)32(29-18-26(34(36)42)20-39-35(29)41)25-5-8-30-28(17-25)33(40-11-15-46-16-12-40)31(21-38-30)37-19-24-9-13-45-14-10-24/h3-8,17-18,20-21,24,37H,9-16,19H2,1-2H3,(H2,36,42). The van der Waals surface area contributed by atoms with Crippen LogP contribution in [0.3, 0.4) is 0 Å². The summed E-state index contributed by atoms with van der Waals surface area (Å²) >= 11 is 0. The third-order valence-electron chi connectivity index (χ3n) is 9.22. The minimum absolute atomic E-state index is 0.146. The molecule has 47 heavy (non-hydrogen) atoms. The van der Waals surface area contributed by atoms with Crippen LogP contribution in [-0.4, -0.2) is 74.3 Å². The van der Waals surface area contributed by atoms with Crippen molar-refractivity contribution >= 4 is 49.2 Å². The third kappa shape index (κ3) is 5.81. The number of fused-ring (bicyclic) bond motifs is 2. The molecule has 5 heterocycles. The van der Waals surface area contributed by atoms with Gasteiger partial charge in [-0.2, -0.15) is 0 Å². The maximum Gasteiger partial charge on any atom is 0.269 e. The lowest BCUT2D eigenvalue weighted by atomic mass is 9.98. The molecule has 2 aliphatic rings. The van der Waals surface area contributed by atoms with Crippen LogP contribution < -0.4 is 16.0 Å². The maximum absolute atomic E-state index is 14.2. The molecule has 2 aromatic carbocycles. The molecule has 0 radical (unpaired) electrons. The normalized spacial score (nSPS) is 16.2. The van der Waals surface area contributed by atoms with Gasteiger partial charge in [-0.05, 0) is 68.5 Å². The SMILES string of the molecule is Cc1ccc(S(=O)(=O)n2c(C)c(-c3ccc4ncc(NCC5CCOCC5)c(N5CCOCC5)c4c3)c3cc(C(N)=O)cnc32)cc1. The Morgan fingerprint density at radius 1 is 0.936 bits per heavy atom. The first-order valence-electron chi connectivity index (χ1n) is 15.9. The molecule has 0 bridgehead atoms. The zero-order valence-corrected chi connectivity index (χ0v) is 27.3. The lowest BCUT2D eigenvalue weighted by Gasteiger charge is -2.32. The molecular formula is C35H38N6O5S. The topological polar surface area (TPSA) is 142 Å². The van der Waals surface area contributed by atoms with E-state index >= 15 is 0 Å². The van der Waals surface area contributed by atoms with Gasteiger partial charge in [0.25, 0.3) is 10.0 Å². The second-order valence-electron chi connectivity index (χ2n) is 12.3. The smallest absolute Gasteiger partial charge is 0.269 e. The average molecular weight is 655 g/mol. The zero-order valence-electron chi connectivity index (χ0n) is 26.5. The molecule has 0 saturated carbocycles. The maximum atomic E-state index is 14.2. The van der Waals surface area contributed by atoms with Crippen LogP contribution in [0.15, 0.2) is 65.8 Å². The number of benzene rings is 2. The van der Waals surface area contributed by atoms with Gasteiger partial charge in [-0.15, -0.1) is 0 Å². The number of carbonyl (C=O) groups is 1. The summed E-state index contributed by atoms with van der Waals surface area (Å²) in [6.07, 6.45) is 5.26. The van der Waals surface area contributed by atoms with E-state index < -0.39 is 15.9 Å². The largest absolute Gasteiger partial charge is 0.382 e. The Bertz CT molecular complexity index is 2080. The Morgan fingerprint density at radius 3 is 2.38 bits per heavy atom. The summed E-state index contributed by atoms with van der Waals surface area (Å²) in [5.41, 5.74) is 11.7. The fraction of sp³-hybridized carbons (Fsp3) is 0.343. The number of aryl methyl sites for hydroxylation is 1. The number of pyridine rings is 2. The van der Waals surface area contributed by atoms with E-state index in [1.165, 1.54) is 10.2 Å². The van der Waals surface area contributed by atoms with Crippen molar-refractivity contribution < 1.29 is 22.7 Å². The van der Waals surface area contributed by atoms with Crippen LogP contribution in [-0.2, 0) is 19.5 Å². The number of carbonyl (C=O) groups excluding carboxylic acids is 1. The van der Waals surface area contributed by atoms with E-state index in [1.54, 1.807) is 37.3 Å². The van der Waals surface area contributed by atoms with E-state index in [4.69, 9.17) is 20.2 Å².